The number of rotatable bonds is 5. The molecule has 0 radical (unpaired) electrons. The van der Waals surface area contributed by atoms with Gasteiger partial charge in [0.25, 0.3) is 0 Å². The van der Waals surface area contributed by atoms with E-state index in [-0.39, 0.29) is 0 Å². The van der Waals surface area contributed by atoms with Crippen molar-refractivity contribution < 1.29 is 0 Å². The molecule has 0 N–H and O–H groups in total. The molecule has 1 aliphatic rings. The van der Waals surface area contributed by atoms with Crippen molar-refractivity contribution in [2.45, 2.75) is 25.1 Å². The smallest absolute Gasteiger partial charge is 0.0366 e. The summed E-state index contributed by atoms with van der Waals surface area (Å²) in [7, 11) is 0. The molecule has 0 saturated heterocycles. The summed E-state index contributed by atoms with van der Waals surface area (Å²) in [6, 6.07) is 8.89. The van der Waals surface area contributed by atoms with Gasteiger partial charge in [-0.3, -0.25) is 0 Å². The van der Waals surface area contributed by atoms with Crippen molar-refractivity contribution in [3.63, 3.8) is 0 Å². The largest absolute Gasteiger partial charge is 0.372 e. The summed E-state index contributed by atoms with van der Waals surface area (Å²) in [4.78, 5) is 2.48. The second kappa shape index (κ2) is 5.02. The van der Waals surface area contributed by atoms with Crippen LogP contribution in [0.3, 0.4) is 0 Å². The summed E-state index contributed by atoms with van der Waals surface area (Å²) in [5.41, 5.74) is 2.72. The van der Waals surface area contributed by atoms with Crippen molar-refractivity contribution in [2.24, 2.45) is 5.92 Å². The van der Waals surface area contributed by atoms with Crippen LogP contribution < -0.4 is 4.90 Å². The maximum Gasteiger partial charge on any atom is 0.0366 e. The Bertz CT molecular complexity index is 303. The second-order valence-electron chi connectivity index (χ2n) is 4.28. The van der Waals surface area contributed by atoms with Crippen LogP contribution in [0.4, 0.5) is 5.69 Å². The van der Waals surface area contributed by atoms with Gasteiger partial charge in [-0.2, -0.15) is 0 Å². The Hall–Kier alpha value is -0.500. The quantitative estimate of drug-likeness (QED) is 0.734. The van der Waals surface area contributed by atoms with Crippen molar-refractivity contribution in [3.05, 3.63) is 29.8 Å². The van der Waals surface area contributed by atoms with Crippen LogP contribution in [0.15, 0.2) is 24.3 Å². The monoisotopic (exact) mass is 267 g/mol. The zero-order valence-electron chi connectivity index (χ0n) is 9.25. The topological polar surface area (TPSA) is 3.24 Å². The molecule has 2 heteroatoms. The summed E-state index contributed by atoms with van der Waals surface area (Å²) in [5, 5.41) is 0.946. The minimum atomic E-state index is 0.946. The lowest BCUT2D eigenvalue weighted by molar-refractivity contribution is 0.742. The van der Waals surface area contributed by atoms with Crippen LogP contribution >= 0.6 is 15.9 Å². The first-order valence-corrected chi connectivity index (χ1v) is 6.85. The molecule has 1 fully saturated rings. The summed E-state index contributed by atoms with van der Waals surface area (Å²) >= 11 is 3.47. The minimum Gasteiger partial charge on any atom is -0.372 e. The molecule has 0 heterocycles. The van der Waals surface area contributed by atoms with E-state index in [0.717, 1.165) is 17.8 Å². The van der Waals surface area contributed by atoms with Crippen molar-refractivity contribution in [1.29, 1.82) is 0 Å². The van der Waals surface area contributed by atoms with E-state index in [9.17, 15) is 0 Å². The Balaban J connectivity index is 2.03. The fourth-order valence-corrected chi connectivity index (χ4v) is 2.20. The van der Waals surface area contributed by atoms with Crippen LogP contribution in [0.25, 0.3) is 0 Å². The van der Waals surface area contributed by atoms with E-state index >= 15 is 0 Å². The molecular formula is C13H18BrN. The van der Waals surface area contributed by atoms with Gasteiger partial charge in [0.1, 0.15) is 0 Å². The molecule has 1 aliphatic carbocycles. The van der Waals surface area contributed by atoms with E-state index in [1.165, 1.54) is 30.6 Å². The second-order valence-corrected chi connectivity index (χ2v) is 4.84. The predicted octanol–water partition coefficient (Wildman–Crippen LogP) is 3.82. The van der Waals surface area contributed by atoms with Gasteiger partial charge in [-0.25, -0.2) is 0 Å². The Kier molecular flexibility index (Phi) is 3.68. The van der Waals surface area contributed by atoms with E-state index in [1.807, 2.05) is 0 Å². The molecule has 0 amide bonds. The maximum absolute atomic E-state index is 3.47. The fraction of sp³-hybridized carbons (Fsp3) is 0.538. The van der Waals surface area contributed by atoms with E-state index in [2.05, 4.69) is 52.0 Å². The van der Waals surface area contributed by atoms with Gasteiger partial charge in [0.05, 0.1) is 0 Å². The Labute approximate surface area is 101 Å². The number of anilines is 1. The standard InChI is InChI=1S/C13H18BrN/c1-2-15(10-12-3-4-12)13-7-5-11(9-14)6-8-13/h5-8,12H,2-4,9-10H2,1H3. The van der Waals surface area contributed by atoms with Gasteiger partial charge >= 0.3 is 0 Å². The molecule has 0 bridgehead atoms. The van der Waals surface area contributed by atoms with Crippen LogP contribution in [0, 0.1) is 5.92 Å². The number of hydrogen-bond acceptors (Lipinski definition) is 1. The summed E-state index contributed by atoms with van der Waals surface area (Å²) in [6.07, 6.45) is 2.85. The minimum absolute atomic E-state index is 0.946. The molecule has 2 rings (SSSR count). The van der Waals surface area contributed by atoms with Gasteiger partial charge in [0, 0.05) is 24.1 Å². The zero-order chi connectivity index (χ0) is 10.7. The number of benzene rings is 1. The highest BCUT2D eigenvalue weighted by molar-refractivity contribution is 9.08. The Morgan fingerprint density at radius 3 is 2.40 bits per heavy atom. The molecule has 1 aromatic carbocycles. The van der Waals surface area contributed by atoms with Crippen LogP contribution in [-0.2, 0) is 5.33 Å². The van der Waals surface area contributed by atoms with E-state index in [4.69, 9.17) is 0 Å². The van der Waals surface area contributed by atoms with E-state index in [1.54, 1.807) is 0 Å². The average Bonchev–Trinajstić information content (AvgIpc) is 3.10. The SMILES string of the molecule is CCN(CC1CC1)c1ccc(CBr)cc1. The number of nitrogens with zero attached hydrogens (tertiary/aromatic N) is 1. The highest BCUT2D eigenvalue weighted by Crippen LogP contribution is 2.31. The number of halogens is 1. The third-order valence-corrected chi connectivity index (χ3v) is 3.66. The molecule has 0 spiro atoms. The van der Waals surface area contributed by atoms with Gasteiger partial charge in [-0.05, 0) is 43.4 Å². The lowest BCUT2D eigenvalue weighted by Gasteiger charge is -2.23. The molecule has 0 aliphatic heterocycles. The molecular weight excluding hydrogens is 250 g/mol. The van der Waals surface area contributed by atoms with Crippen LogP contribution in [0.2, 0.25) is 0 Å². The van der Waals surface area contributed by atoms with Crippen molar-refractivity contribution in [2.75, 3.05) is 18.0 Å². The molecule has 1 nitrogen and oxygen atoms in total. The fourth-order valence-electron chi connectivity index (χ4n) is 1.83. The maximum atomic E-state index is 3.47. The summed E-state index contributed by atoms with van der Waals surface area (Å²) in [6.45, 7) is 4.59. The number of alkyl halides is 1. The van der Waals surface area contributed by atoms with Crippen molar-refractivity contribution >= 4 is 21.6 Å². The van der Waals surface area contributed by atoms with Gasteiger partial charge in [0.2, 0.25) is 0 Å². The molecule has 0 unspecified atom stereocenters. The van der Waals surface area contributed by atoms with Crippen molar-refractivity contribution in [1.82, 2.24) is 0 Å². The molecule has 15 heavy (non-hydrogen) atoms. The highest BCUT2D eigenvalue weighted by Gasteiger charge is 2.23. The molecule has 1 aromatic rings. The first-order chi connectivity index (χ1) is 7.33. The van der Waals surface area contributed by atoms with Gasteiger partial charge in [-0.15, -0.1) is 0 Å². The predicted molar refractivity (Wildman–Crippen MR) is 69.7 cm³/mol. The van der Waals surface area contributed by atoms with Crippen LogP contribution in [0.5, 0.6) is 0 Å². The Morgan fingerprint density at radius 2 is 1.93 bits per heavy atom. The van der Waals surface area contributed by atoms with Crippen LogP contribution in [-0.4, -0.2) is 13.1 Å². The normalized spacial score (nSPS) is 15.3. The summed E-state index contributed by atoms with van der Waals surface area (Å²) in [5.74, 6) is 0.959. The lowest BCUT2D eigenvalue weighted by Crippen LogP contribution is -2.24. The number of hydrogen-bond donors (Lipinski definition) is 0. The third-order valence-electron chi connectivity index (χ3n) is 3.01. The summed E-state index contributed by atoms with van der Waals surface area (Å²) < 4.78 is 0. The van der Waals surface area contributed by atoms with E-state index in [0.29, 0.717) is 0 Å². The van der Waals surface area contributed by atoms with E-state index < -0.39 is 0 Å². The first kappa shape index (κ1) is 11.0. The Morgan fingerprint density at radius 1 is 1.27 bits per heavy atom. The average molecular weight is 268 g/mol. The zero-order valence-corrected chi connectivity index (χ0v) is 10.8. The van der Waals surface area contributed by atoms with Crippen LogP contribution in [0.1, 0.15) is 25.3 Å². The van der Waals surface area contributed by atoms with Gasteiger partial charge < -0.3 is 4.90 Å². The third kappa shape index (κ3) is 2.97. The van der Waals surface area contributed by atoms with Gasteiger partial charge in [-0.1, -0.05) is 28.1 Å². The van der Waals surface area contributed by atoms with Gasteiger partial charge in [0.15, 0.2) is 0 Å². The molecule has 0 aromatic heterocycles. The first-order valence-electron chi connectivity index (χ1n) is 5.73. The molecule has 0 atom stereocenters. The lowest BCUT2D eigenvalue weighted by atomic mass is 10.2. The van der Waals surface area contributed by atoms with Crippen molar-refractivity contribution in [3.8, 4) is 0 Å². The molecule has 1 saturated carbocycles. The molecule has 82 valence electrons. The highest BCUT2D eigenvalue weighted by atomic mass is 79.9.